The Morgan fingerprint density at radius 1 is 1.58 bits per heavy atom. The highest BCUT2D eigenvalue weighted by Crippen LogP contribution is 1.92. The van der Waals surface area contributed by atoms with Crippen LogP contribution in [0.2, 0.25) is 0 Å². The third-order valence-electron chi connectivity index (χ3n) is 1.45. The number of aryl methyl sites for hydroxylation is 1. The lowest BCUT2D eigenvalue weighted by atomic mass is 10.3. The number of aromatic nitrogens is 1. The Hall–Kier alpha value is -1.21. The SMILES string of the molecule is N#Cc1ccc(=O)n(CCS)c1. The normalized spacial score (nSPS) is 9.33. The van der Waals surface area contributed by atoms with Gasteiger partial charge in [-0.3, -0.25) is 4.79 Å². The summed E-state index contributed by atoms with van der Waals surface area (Å²) in [6.45, 7) is 0.539. The summed E-state index contributed by atoms with van der Waals surface area (Å²) in [5.41, 5.74) is 0.402. The van der Waals surface area contributed by atoms with Gasteiger partial charge in [-0.2, -0.15) is 17.9 Å². The smallest absolute Gasteiger partial charge is 0.250 e. The molecule has 0 N–H and O–H groups in total. The number of pyridine rings is 1. The highest BCUT2D eigenvalue weighted by atomic mass is 32.1. The van der Waals surface area contributed by atoms with Crippen molar-refractivity contribution in [3.8, 4) is 6.07 Å². The van der Waals surface area contributed by atoms with Gasteiger partial charge >= 0.3 is 0 Å². The summed E-state index contributed by atoms with van der Waals surface area (Å²) in [7, 11) is 0. The molecule has 62 valence electrons. The average molecular weight is 180 g/mol. The maximum Gasteiger partial charge on any atom is 0.250 e. The molecule has 0 atom stereocenters. The first-order chi connectivity index (χ1) is 5.77. The Bertz CT molecular complexity index is 364. The van der Waals surface area contributed by atoms with Crippen molar-refractivity contribution in [2.75, 3.05) is 5.75 Å². The van der Waals surface area contributed by atoms with Gasteiger partial charge in [0.25, 0.3) is 5.56 Å². The van der Waals surface area contributed by atoms with Gasteiger partial charge in [0, 0.05) is 24.6 Å². The molecule has 12 heavy (non-hydrogen) atoms. The fraction of sp³-hybridized carbons (Fsp3) is 0.250. The lowest BCUT2D eigenvalue weighted by Gasteiger charge is -2.01. The van der Waals surface area contributed by atoms with Crippen molar-refractivity contribution in [1.82, 2.24) is 4.57 Å². The Morgan fingerprint density at radius 3 is 2.92 bits per heavy atom. The van der Waals surface area contributed by atoms with Crippen LogP contribution < -0.4 is 5.56 Å². The number of nitrogens with zero attached hydrogens (tertiary/aromatic N) is 2. The number of hydrogen-bond acceptors (Lipinski definition) is 3. The fourth-order valence-electron chi connectivity index (χ4n) is 0.880. The third-order valence-corrected chi connectivity index (χ3v) is 1.65. The van der Waals surface area contributed by atoms with Crippen LogP contribution in [0.3, 0.4) is 0 Å². The van der Waals surface area contributed by atoms with E-state index in [1.54, 1.807) is 6.20 Å². The minimum absolute atomic E-state index is 0.0944. The minimum Gasteiger partial charge on any atom is -0.313 e. The second kappa shape index (κ2) is 3.98. The molecule has 0 aliphatic rings. The van der Waals surface area contributed by atoms with Gasteiger partial charge in [0.1, 0.15) is 6.07 Å². The Balaban J connectivity index is 3.10. The maximum atomic E-state index is 11.1. The van der Waals surface area contributed by atoms with Crippen LogP contribution in [-0.2, 0) is 6.54 Å². The van der Waals surface area contributed by atoms with Crippen molar-refractivity contribution in [1.29, 1.82) is 5.26 Å². The van der Waals surface area contributed by atoms with Crippen molar-refractivity contribution >= 4 is 12.6 Å². The topological polar surface area (TPSA) is 45.8 Å². The van der Waals surface area contributed by atoms with Gasteiger partial charge in [-0.1, -0.05) is 0 Å². The molecule has 3 nitrogen and oxygen atoms in total. The van der Waals surface area contributed by atoms with Crippen LogP contribution in [0.4, 0.5) is 0 Å². The second-order valence-electron chi connectivity index (χ2n) is 2.28. The van der Waals surface area contributed by atoms with Gasteiger partial charge < -0.3 is 4.57 Å². The molecule has 1 aromatic heterocycles. The molecular formula is C8H8N2OS. The van der Waals surface area contributed by atoms with E-state index in [-0.39, 0.29) is 5.56 Å². The zero-order chi connectivity index (χ0) is 8.97. The molecule has 0 bridgehead atoms. The van der Waals surface area contributed by atoms with Crippen LogP contribution in [0, 0.1) is 11.3 Å². The number of rotatable bonds is 2. The van der Waals surface area contributed by atoms with Gasteiger partial charge in [-0.05, 0) is 6.07 Å². The quantitative estimate of drug-likeness (QED) is 0.679. The standard InChI is InChI=1S/C8H8N2OS/c9-5-7-1-2-8(11)10(6-7)3-4-12/h1-2,6,12H,3-4H2. The van der Waals surface area contributed by atoms with Crippen LogP contribution in [0.5, 0.6) is 0 Å². The molecule has 1 heterocycles. The number of hydrogen-bond donors (Lipinski definition) is 1. The molecule has 1 aromatic rings. The lowest BCUT2D eigenvalue weighted by molar-refractivity contribution is 0.735. The lowest BCUT2D eigenvalue weighted by Crippen LogP contribution is -2.19. The summed E-state index contributed by atoms with van der Waals surface area (Å²) >= 11 is 4.00. The van der Waals surface area contributed by atoms with E-state index < -0.39 is 0 Å². The van der Waals surface area contributed by atoms with Crippen molar-refractivity contribution in [3.63, 3.8) is 0 Å². The summed E-state index contributed by atoms with van der Waals surface area (Å²) in [6, 6.07) is 4.87. The largest absolute Gasteiger partial charge is 0.313 e. The molecule has 0 spiro atoms. The summed E-state index contributed by atoms with van der Waals surface area (Å²) in [4.78, 5) is 11.1. The first-order valence-electron chi connectivity index (χ1n) is 3.49. The molecule has 0 aromatic carbocycles. The van der Waals surface area contributed by atoms with Gasteiger partial charge in [-0.15, -0.1) is 0 Å². The maximum absolute atomic E-state index is 11.1. The van der Waals surface area contributed by atoms with Gasteiger partial charge in [0.2, 0.25) is 0 Å². The van der Waals surface area contributed by atoms with E-state index in [2.05, 4.69) is 12.6 Å². The second-order valence-corrected chi connectivity index (χ2v) is 2.73. The summed E-state index contributed by atoms with van der Waals surface area (Å²) in [5, 5.41) is 8.54. The molecule has 4 heteroatoms. The Labute approximate surface area is 75.7 Å². The van der Waals surface area contributed by atoms with Crippen molar-refractivity contribution in [3.05, 3.63) is 34.2 Å². The predicted octanol–water partition coefficient (Wildman–Crippen LogP) is 0.650. The monoisotopic (exact) mass is 180 g/mol. The van der Waals surface area contributed by atoms with Gasteiger partial charge in [0.05, 0.1) is 5.56 Å². The average Bonchev–Trinajstić information content (AvgIpc) is 2.09. The molecule has 0 radical (unpaired) electrons. The summed E-state index contributed by atoms with van der Waals surface area (Å²) in [5.74, 6) is 0.592. The van der Waals surface area contributed by atoms with E-state index in [4.69, 9.17) is 5.26 Å². The first-order valence-corrected chi connectivity index (χ1v) is 4.12. The predicted molar refractivity (Wildman–Crippen MR) is 49.3 cm³/mol. The van der Waals surface area contributed by atoms with E-state index in [1.165, 1.54) is 16.7 Å². The van der Waals surface area contributed by atoms with E-state index in [0.717, 1.165) is 0 Å². The van der Waals surface area contributed by atoms with Crippen molar-refractivity contribution in [2.45, 2.75) is 6.54 Å². The van der Waals surface area contributed by atoms with Gasteiger partial charge in [0.15, 0.2) is 0 Å². The van der Waals surface area contributed by atoms with Crippen LogP contribution in [0.15, 0.2) is 23.1 Å². The van der Waals surface area contributed by atoms with Crippen LogP contribution in [0.25, 0.3) is 0 Å². The zero-order valence-corrected chi connectivity index (χ0v) is 7.29. The van der Waals surface area contributed by atoms with E-state index in [1.807, 2.05) is 6.07 Å². The molecular weight excluding hydrogens is 172 g/mol. The molecule has 0 fully saturated rings. The number of thiol groups is 1. The van der Waals surface area contributed by atoms with E-state index in [9.17, 15) is 4.79 Å². The van der Waals surface area contributed by atoms with E-state index in [0.29, 0.717) is 17.9 Å². The molecule has 1 rings (SSSR count). The summed E-state index contributed by atoms with van der Waals surface area (Å²) < 4.78 is 1.48. The number of nitriles is 1. The molecule has 0 saturated carbocycles. The highest BCUT2D eigenvalue weighted by molar-refractivity contribution is 7.80. The van der Waals surface area contributed by atoms with Gasteiger partial charge in [-0.25, -0.2) is 0 Å². The third kappa shape index (κ3) is 1.89. The van der Waals surface area contributed by atoms with Crippen LogP contribution in [-0.4, -0.2) is 10.3 Å². The van der Waals surface area contributed by atoms with Crippen LogP contribution in [0.1, 0.15) is 5.56 Å². The van der Waals surface area contributed by atoms with Crippen molar-refractivity contribution < 1.29 is 0 Å². The highest BCUT2D eigenvalue weighted by Gasteiger charge is 1.95. The molecule has 0 amide bonds. The Kier molecular flexibility index (Phi) is 2.94. The summed E-state index contributed by atoms with van der Waals surface area (Å²) in [6.07, 6.45) is 1.54. The first kappa shape index (κ1) is 8.88. The molecule has 0 aliphatic carbocycles. The Morgan fingerprint density at radius 2 is 2.33 bits per heavy atom. The fourth-order valence-corrected chi connectivity index (χ4v) is 1.10. The molecule has 0 aliphatic heterocycles. The zero-order valence-electron chi connectivity index (χ0n) is 6.40. The molecule has 0 saturated heterocycles. The van der Waals surface area contributed by atoms with Crippen LogP contribution >= 0.6 is 12.6 Å². The van der Waals surface area contributed by atoms with Crippen molar-refractivity contribution in [2.24, 2.45) is 0 Å². The molecule has 0 unspecified atom stereocenters. The minimum atomic E-state index is -0.0944. The van der Waals surface area contributed by atoms with E-state index >= 15 is 0 Å².